The van der Waals surface area contributed by atoms with E-state index >= 15 is 0 Å². The molecule has 5 heteroatoms. The predicted octanol–water partition coefficient (Wildman–Crippen LogP) is 1.36. The average Bonchev–Trinajstić information content (AvgIpc) is 2.73. The minimum Gasteiger partial charge on any atom is -0.497 e. The predicted molar refractivity (Wildman–Crippen MR) is 79.5 cm³/mol. The molecule has 0 spiro atoms. The van der Waals surface area contributed by atoms with Crippen LogP contribution in [0.2, 0.25) is 0 Å². The lowest BCUT2D eigenvalue weighted by Crippen LogP contribution is -2.38. The Bertz CT molecular complexity index is 463. The van der Waals surface area contributed by atoms with Crippen molar-refractivity contribution in [3.05, 3.63) is 29.8 Å². The van der Waals surface area contributed by atoms with Gasteiger partial charge in [0, 0.05) is 26.1 Å². The van der Waals surface area contributed by atoms with E-state index in [0.717, 1.165) is 12.2 Å². The van der Waals surface area contributed by atoms with Crippen molar-refractivity contribution in [2.75, 3.05) is 47.1 Å². The molecule has 1 aliphatic heterocycles. The molecule has 1 aromatic rings. The molecule has 0 saturated carbocycles. The van der Waals surface area contributed by atoms with Gasteiger partial charge in [0.25, 0.3) is 0 Å². The van der Waals surface area contributed by atoms with Gasteiger partial charge in [-0.25, -0.2) is 0 Å². The molecule has 0 radical (unpaired) electrons. The molecule has 1 saturated heterocycles. The van der Waals surface area contributed by atoms with E-state index in [4.69, 9.17) is 14.2 Å². The van der Waals surface area contributed by atoms with Crippen LogP contribution in [0.5, 0.6) is 5.75 Å². The first-order valence-electron chi connectivity index (χ1n) is 7.20. The van der Waals surface area contributed by atoms with Gasteiger partial charge in [-0.1, -0.05) is 12.1 Å². The first-order chi connectivity index (χ1) is 10.2. The number of rotatable bonds is 5. The number of carbonyl (C=O) groups excluding carboxylic acids is 1. The van der Waals surface area contributed by atoms with Crippen LogP contribution in [0.3, 0.4) is 0 Å². The third kappa shape index (κ3) is 4.72. The Morgan fingerprint density at radius 1 is 1.43 bits per heavy atom. The third-order valence-electron chi connectivity index (χ3n) is 3.62. The lowest BCUT2D eigenvalue weighted by Gasteiger charge is -2.23. The average molecular weight is 293 g/mol. The van der Waals surface area contributed by atoms with Crippen LogP contribution in [0, 0.1) is 5.92 Å². The van der Waals surface area contributed by atoms with E-state index < -0.39 is 0 Å². The summed E-state index contributed by atoms with van der Waals surface area (Å²) in [6.45, 7) is 2.74. The zero-order valence-corrected chi connectivity index (χ0v) is 12.7. The van der Waals surface area contributed by atoms with Gasteiger partial charge in [-0.3, -0.25) is 4.79 Å². The van der Waals surface area contributed by atoms with Gasteiger partial charge in [-0.15, -0.1) is 0 Å². The van der Waals surface area contributed by atoms with Crippen LogP contribution in [0.4, 0.5) is 0 Å². The minimum absolute atomic E-state index is 0.0265. The van der Waals surface area contributed by atoms with Gasteiger partial charge < -0.3 is 19.1 Å². The molecule has 1 fully saturated rings. The number of methoxy groups -OCH3 is 2. The molecule has 0 aliphatic carbocycles. The Kier molecular flexibility index (Phi) is 6.02. The van der Waals surface area contributed by atoms with Gasteiger partial charge in [0.05, 0.1) is 20.3 Å². The molecule has 1 heterocycles. The lowest BCUT2D eigenvalue weighted by atomic mass is 9.99. The fourth-order valence-corrected chi connectivity index (χ4v) is 2.58. The van der Waals surface area contributed by atoms with Gasteiger partial charge in [-0.2, -0.15) is 0 Å². The summed E-state index contributed by atoms with van der Waals surface area (Å²) in [6, 6.07) is 8.03. The molecule has 1 atom stereocenters. The van der Waals surface area contributed by atoms with E-state index in [-0.39, 0.29) is 12.5 Å². The lowest BCUT2D eigenvalue weighted by molar-refractivity contribution is -0.135. The van der Waals surface area contributed by atoms with Crippen LogP contribution >= 0.6 is 0 Å². The summed E-state index contributed by atoms with van der Waals surface area (Å²) < 4.78 is 15.8. The summed E-state index contributed by atoms with van der Waals surface area (Å²) in [5.41, 5.74) is 1.20. The largest absolute Gasteiger partial charge is 0.497 e. The van der Waals surface area contributed by atoms with E-state index in [2.05, 4.69) is 6.07 Å². The second kappa shape index (κ2) is 8.00. The number of carbonyl (C=O) groups is 1. The van der Waals surface area contributed by atoms with E-state index in [1.165, 1.54) is 5.56 Å². The molecule has 0 N–H and O–H groups in total. The topological polar surface area (TPSA) is 48.0 Å². The second-order valence-electron chi connectivity index (χ2n) is 5.27. The van der Waals surface area contributed by atoms with Crippen molar-refractivity contribution < 1.29 is 19.0 Å². The van der Waals surface area contributed by atoms with E-state index in [1.54, 1.807) is 14.2 Å². The Labute approximate surface area is 125 Å². The smallest absolute Gasteiger partial charge is 0.248 e. The van der Waals surface area contributed by atoms with E-state index in [0.29, 0.717) is 32.2 Å². The molecule has 0 unspecified atom stereocenters. The zero-order chi connectivity index (χ0) is 15.1. The molecule has 0 aromatic heterocycles. The van der Waals surface area contributed by atoms with Crippen molar-refractivity contribution in [3.8, 4) is 5.75 Å². The summed E-state index contributed by atoms with van der Waals surface area (Å²) >= 11 is 0. The van der Waals surface area contributed by atoms with Crippen LogP contribution in [-0.4, -0.2) is 57.9 Å². The summed E-state index contributed by atoms with van der Waals surface area (Å²) in [4.78, 5) is 13.8. The first kappa shape index (κ1) is 15.8. The first-order valence-corrected chi connectivity index (χ1v) is 7.20. The third-order valence-corrected chi connectivity index (χ3v) is 3.62. The highest BCUT2D eigenvalue weighted by molar-refractivity contribution is 5.77. The molecule has 1 aliphatic rings. The monoisotopic (exact) mass is 293 g/mol. The van der Waals surface area contributed by atoms with E-state index in [1.807, 2.05) is 23.1 Å². The quantitative estimate of drug-likeness (QED) is 0.822. The van der Waals surface area contributed by atoms with Gasteiger partial charge in [-0.05, 0) is 24.1 Å². The molecule has 5 nitrogen and oxygen atoms in total. The van der Waals surface area contributed by atoms with Crippen LogP contribution < -0.4 is 4.74 Å². The highest BCUT2D eigenvalue weighted by Gasteiger charge is 2.22. The van der Waals surface area contributed by atoms with Gasteiger partial charge in [0.2, 0.25) is 5.91 Å². The Morgan fingerprint density at radius 2 is 2.29 bits per heavy atom. The number of hydrogen-bond donors (Lipinski definition) is 0. The van der Waals surface area contributed by atoms with Crippen LogP contribution in [0.15, 0.2) is 24.3 Å². The molecule has 1 amide bonds. The number of benzene rings is 1. The molecular weight excluding hydrogens is 270 g/mol. The zero-order valence-electron chi connectivity index (χ0n) is 12.7. The maximum absolute atomic E-state index is 12.0. The van der Waals surface area contributed by atoms with Crippen molar-refractivity contribution >= 4 is 5.91 Å². The SMILES string of the molecule is COCC(=O)N1CCOC[C@H](Cc2cccc(OC)c2)C1. The number of hydrogen-bond acceptors (Lipinski definition) is 4. The Balaban J connectivity index is 1.99. The fraction of sp³-hybridized carbons (Fsp3) is 0.562. The summed E-state index contributed by atoms with van der Waals surface area (Å²) in [5, 5.41) is 0. The van der Waals surface area contributed by atoms with Crippen molar-refractivity contribution in [3.63, 3.8) is 0 Å². The summed E-state index contributed by atoms with van der Waals surface area (Å²) in [7, 11) is 3.21. The maximum atomic E-state index is 12.0. The molecule has 21 heavy (non-hydrogen) atoms. The minimum atomic E-state index is 0.0265. The number of amides is 1. The number of nitrogens with zero attached hydrogens (tertiary/aromatic N) is 1. The normalized spacial score (nSPS) is 19.1. The van der Waals surface area contributed by atoms with Crippen LogP contribution in [0.25, 0.3) is 0 Å². The summed E-state index contributed by atoms with van der Waals surface area (Å²) in [5.74, 6) is 1.17. The van der Waals surface area contributed by atoms with Gasteiger partial charge >= 0.3 is 0 Å². The van der Waals surface area contributed by atoms with E-state index in [9.17, 15) is 4.79 Å². The highest BCUT2D eigenvalue weighted by Crippen LogP contribution is 2.18. The van der Waals surface area contributed by atoms with Gasteiger partial charge in [0.15, 0.2) is 0 Å². The Morgan fingerprint density at radius 3 is 3.05 bits per heavy atom. The van der Waals surface area contributed by atoms with Crippen molar-refractivity contribution in [1.82, 2.24) is 4.90 Å². The molecule has 116 valence electrons. The Hall–Kier alpha value is -1.59. The molecule has 1 aromatic carbocycles. The van der Waals surface area contributed by atoms with Crippen LogP contribution in [-0.2, 0) is 20.7 Å². The maximum Gasteiger partial charge on any atom is 0.248 e. The fourth-order valence-electron chi connectivity index (χ4n) is 2.58. The second-order valence-corrected chi connectivity index (χ2v) is 5.27. The molecule has 2 rings (SSSR count). The standard InChI is InChI=1S/C16H23NO4/c1-19-12-16(18)17-6-7-21-11-14(10-17)8-13-4-3-5-15(9-13)20-2/h3-5,9,14H,6-8,10-12H2,1-2H3/t14-/m1/s1. The van der Waals surface area contributed by atoms with Gasteiger partial charge in [0.1, 0.15) is 12.4 Å². The molecule has 0 bridgehead atoms. The number of ether oxygens (including phenoxy) is 3. The summed E-state index contributed by atoms with van der Waals surface area (Å²) in [6.07, 6.45) is 0.869. The van der Waals surface area contributed by atoms with Crippen LogP contribution in [0.1, 0.15) is 5.56 Å². The van der Waals surface area contributed by atoms with Crippen molar-refractivity contribution in [2.24, 2.45) is 5.92 Å². The highest BCUT2D eigenvalue weighted by atomic mass is 16.5. The molecular formula is C16H23NO4. The van der Waals surface area contributed by atoms with Crippen molar-refractivity contribution in [2.45, 2.75) is 6.42 Å². The van der Waals surface area contributed by atoms with Crippen molar-refractivity contribution in [1.29, 1.82) is 0 Å².